The molecule has 3 nitrogen and oxygen atoms in total. The highest BCUT2D eigenvalue weighted by Gasteiger charge is 2.01. The summed E-state index contributed by atoms with van der Waals surface area (Å²) in [5.41, 5.74) is 2.95. The third-order valence-electron chi connectivity index (χ3n) is 2.34. The van der Waals surface area contributed by atoms with Crippen molar-refractivity contribution in [2.45, 2.75) is 6.92 Å². The molecular formula is C12H14N2O. The fraction of sp³-hybridized carbons (Fsp3) is 0.250. The average Bonchev–Trinajstić information content (AvgIpc) is 2.26. The largest absolute Gasteiger partial charge is 0.395 e. The highest BCUT2D eigenvalue weighted by atomic mass is 16.3. The molecule has 0 saturated carbocycles. The number of anilines is 1. The quantitative estimate of drug-likeness (QED) is 0.799. The fourth-order valence-electron chi connectivity index (χ4n) is 1.58. The molecule has 3 heteroatoms. The van der Waals surface area contributed by atoms with E-state index in [4.69, 9.17) is 5.11 Å². The van der Waals surface area contributed by atoms with E-state index in [0.717, 1.165) is 22.3 Å². The maximum Gasteiger partial charge on any atom is 0.0706 e. The topological polar surface area (TPSA) is 45.2 Å². The van der Waals surface area contributed by atoms with Gasteiger partial charge in [0, 0.05) is 11.9 Å². The summed E-state index contributed by atoms with van der Waals surface area (Å²) in [6.45, 7) is 2.65. The Balaban J connectivity index is 2.43. The third kappa shape index (κ3) is 2.07. The van der Waals surface area contributed by atoms with Gasteiger partial charge in [-0.2, -0.15) is 0 Å². The molecule has 1 aromatic heterocycles. The standard InChI is InChI=1S/C12H14N2O/c1-9-12(13-6-7-15)8-10-4-2-3-5-11(10)14-9/h2-5,8,13,15H,6-7H2,1H3. The van der Waals surface area contributed by atoms with E-state index in [0.29, 0.717) is 6.54 Å². The summed E-state index contributed by atoms with van der Waals surface area (Å²) in [4.78, 5) is 4.48. The molecule has 78 valence electrons. The van der Waals surface area contributed by atoms with Gasteiger partial charge in [0.15, 0.2) is 0 Å². The maximum atomic E-state index is 8.75. The molecule has 2 aromatic rings. The lowest BCUT2D eigenvalue weighted by Crippen LogP contribution is -2.07. The molecule has 0 radical (unpaired) electrons. The van der Waals surface area contributed by atoms with E-state index in [1.165, 1.54) is 0 Å². The molecule has 0 atom stereocenters. The SMILES string of the molecule is Cc1nc2ccccc2cc1NCCO. The van der Waals surface area contributed by atoms with Crippen LogP contribution in [0.1, 0.15) is 5.69 Å². The second-order valence-electron chi connectivity index (χ2n) is 3.46. The number of fused-ring (bicyclic) bond motifs is 1. The highest BCUT2D eigenvalue weighted by molar-refractivity contribution is 5.82. The monoisotopic (exact) mass is 202 g/mol. The van der Waals surface area contributed by atoms with Gasteiger partial charge in [-0.05, 0) is 19.1 Å². The first-order chi connectivity index (χ1) is 7.31. The zero-order valence-corrected chi connectivity index (χ0v) is 8.70. The molecule has 1 heterocycles. The molecule has 1 aromatic carbocycles. The van der Waals surface area contributed by atoms with Crippen LogP contribution in [-0.4, -0.2) is 23.2 Å². The zero-order valence-electron chi connectivity index (χ0n) is 8.70. The van der Waals surface area contributed by atoms with Gasteiger partial charge in [0.1, 0.15) is 0 Å². The van der Waals surface area contributed by atoms with E-state index < -0.39 is 0 Å². The Bertz CT molecular complexity index is 468. The molecule has 15 heavy (non-hydrogen) atoms. The number of benzene rings is 1. The van der Waals surface area contributed by atoms with E-state index in [9.17, 15) is 0 Å². The number of hydrogen-bond acceptors (Lipinski definition) is 3. The van der Waals surface area contributed by atoms with Gasteiger partial charge in [-0.15, -0.1) is 0 Å². The fourth-order valence-corrected chi connectivity index (χ4v) is 1.58. The van der Waals surface area contributed by atoms with Crippen LogP contribution < -0.4 is 5.32 Å². The summed E-state index contributed by atoms with van der Waals surface area (Å²) < 4.78 is 0. The number of pyridine rings is 1. The van der Waals surface area contributed by atoms with Crippen LogP contribution in [0.2, 0.25) is 0 Å². The van der Waals surface area contributed by atoms with Crippen molar-refractivity contribution in [3.8, 4) is 0 Å². The number of aliphatic hydroxyl groups is 1. The summed E-state index contributed by atoms with van der Waals surface area (Å²) in [5.74, 6) is 0. The van der Waals surface area contributed by atoms with Gasteiger partial charge in [-0.25, -0.2) is 0 Å². The lowest BCUT2D eigenvalue weighted by atomic mass is 10.2. The van der Waals surface area contributed by atoms with Crippen molar-refractivity contribution in [1.29, 1.82) is 0 Å². The Hall–Kier alpha value is -1.61. The molecule has 0 fully saturated rings. The number of hydrogen-bond donors (Lipinski definition) is 2. The van der Waals surface area contributed by atoms with Crippen LogP contribution in [-0.2, 0) is 0 Å². The molecular weight excluding hydrogens is 188 g/mol. The predicted molar refractivity (Wildman–Crippen MR) is 62.1 cm³/mol. The van der Waals surface area contributed by atoms with Crippen LogP contribution in [0, 0.1) is 6.92 Å². The summed E-state index contributed by atoms with van der Waals surface area (Å²) in [6, 6.07) is 10.1. The van der Waals surface area contributed by atoms with Crippen molar-refractivity contribution in [1.82, 2.24) is 4.98 Å². The summed E-state index contributed by atoms with van der Waals surface area (Å²) in [6.07, 6.45) is 0. The zero-order chi connectivity index (χ0) is 10.7. The van der Waals surface area contributed by atoms with Gasteiger partial charge in [-0.1, -0.05) is 18.2 Å². The first-order valence-electron chi connectivity index (χ1n) is 5.02. The number of para-hydroxylation sites is 1. The Morgan fingerprint density at radius 2 is 2.13 bits per heavy atom. The summed E-state index contributed by atoms with van der Waals surface area (Å²) in [7, 11) is 0. The third-order valence-corrected chi connectivity index (χ3v) is 2.34. The molecule has 0 bridgehead atoms. The van der Waals surface area contributed by atoms with Crippen LogP contribution in [0.15, 0.2) is 30.3 Å². The number of nitrogens with one attached hydrogen (secondary N) is 1. The lowest BCUT2D eigenvalue weighted by molar-refractivity contribution is 0.311. The molecule has 2 rings (SSSR count). The molecule has 2 N–H and O–H groups in total. The first-order valence-corrected chi connectivity index (χ1v) is 5.02. The van der Waals surface area contributed by atoms with Crippen LogP contribution >= 0.6 is 0 Å². The smallest absolute Gasteiger partial charge is 0.0706 e. The van der Waals surface area contributed by atoms with Gasteiger partial charge in [0.2, 0.25) is 0 Å². The number of aliphatic hydroxyl groups excluding tert-OH is 1. The first kappa shape index (κ1) is 9.93. The van der Waals surface area contributed by atoms with Crippen LogP contribution in [0.5, 0.6) is 0 Å². The van der Waals surface area contributed by atoms with E-state index in [1.807, 2.05) is 31.2 Å². The van der Waals surface area contributed by atoms with E-state index in [1.54, 1.807) is 0 Å². The summed E-state index contributed by atoms with van der Waals surface area (Å²) in [5, 5.41) is 13.0. The molecule has 0 amide bonds. The van der Waals surface area contributed by atoms with Gasteiger partial charge < -0.3 is 10.4 Å². The van der Waals surface area contributed by atoms with Crippen LogP contribution in [0.3, 0.4) is 0 Å². The minimum Gasteiger partial charge on any atom is -0.395 e. The van der Waals surface area contributed by atoms with Crippen molar-refractivity contribution >= 4 is 16.6 Å². The number of rotatable bonds is 3. The van der Waals surface area contributed by atoms with Gasteiger partial charge in [0.05, 0.1) is 23.5 Å². The summed E-state index contributed by atoms with van der Waals surface area (Å²) >= 11 is 0. The number of aryl methyl sites for hydroxylation is 1. The van der Waals surface area contributed by atoms with Crippen molar-refractivity contribution in [2.75, 3.05) is 18.5 Å². The van der Waals surface area contributed by atoms with E-state index in [2.05, 4.69) is 16.4 Å². The molecule has 0 aliphatic carbocycles. The maximum absolute atomic E-state index is 8.75. The minimum absolute atomic E-state index is 0.131. The molecule has 0 spiro atoms. The Kier molecular flexibility index (Phi) is 2.83. The van der Waals surface area contributed by atoms with Gasteiger partial charge in [-0.3, -0.25) is 4.98 Å². The number of aromatic nitrogens is 1. The second kappa shape index (κ2) is 4.28. The minimum atomic E-state index is 0.131. The Labute approximate surface area is 88.8 Å². The number of nitrogens with zero attached hydrogens (tertiary/aromatic N) is 1. The Morgan fingerprint density at radius 1 is 1.33 bits per heavy atom. The van der Waals surface area contributed by atoms with E-state index in [-0.39, 0.29) is 6.61 Å². The average molecular weight is 202 g/mol. The molecule has 0 saturated heterocycles. The Morgan fingerprint density at radius 3 is 2.93 bits per heavy atom. The van der Waals surface area contributed by atoms with Crippen LogP contribution in [0.4, 0.5) is 5.69 Å². The molecule has 0 aliphatic rings. The second-order valence-corrected chi connectivity index (χ2v) is 3.46. The van der Waals surface area contributed by atoms with Crippen molar-refractivity contribution < 1.29 is 5.11 Å². The predicted octanol–water partition coefficient (Wildman–Crippen LogP) is 1.95. The van der Waals surface area contributed by atoms with Crippen molar-refractivity contribution in [3.05, 3.63) is 36.0 Å². The molecule has 0 aliphatic heterocycles. The van der Waals surface area contributed by atoms with Gasteiger partial charge in [0.25, 0.3) is 0 Å². The van der Waals surface area contributed by atoms with Crippen LogP contribution in [0.25, 0.3) is 10.9 Å². The highest BCUT2D eigenvalue weighted by Crippen LogP contribution is 2.19. The van der Waals surface area contributed by atoms with E-state index >= 15 is 0 Å². The molecule has 0 unspecified atom stereocenters. The normalized spacial score (nSPS) is 10.5. The lowest BCUT2D eigenvalue weighted by Gasteiger charge is -2.08. The van der Waals surface area contributed by atoms with Crippen molar-refractivity contribution in [2.24, 2.45) is 0 Å². The van der Waals surface area contributed by atoms with Gasteiger partial charge >= 0.3 is 0 Å². The van der Waals surface area contributed by atoms with Crippen molar-refractivity contribution in [3.63, 3.8) is 0 Å².